The van der Waals surface area contributed by atoms with E-state index >= 15 is 0 Å². The second-order valence-corrected chi connectivity index (χ2v) is 4.09. The van der Waals surface area contributed by atoms with E-state index in [1.165, 1.54) is 0 Å². The van der Waals surface area contributed by atoms with Crippen LogP contribution >= 0.6 is 15.9 Å². The predicted octanol–water partition coefficient (Wildman–Crippen LogP) is 1.12. The molecule has 2 atom stereocenters. The summed E-state index contributed by atoms with van der Waals surface area (Å²) in [5.41, 5.74) is 0. The average Bonchev–Trinajstić information content (AvgIpc) is 2.18. The molecule has 4 heteroatoms. The average molecular weight is 252 g/mol. The smallest absolute Gasteiger partial charge is 0.0799 e. The summed E-state index contributed by atoms with van der Waals surface area (Å²) in [6.07, 6.45) is 0.341. The standard InChI is InChI=1S/C9H18BrNO2/c1-8(7-12-2)11-3-4-13-9(5-10)6-11/h8-9H,3-7H2,1-2H3. The first kappa shape index (κ1) is 11.4. The second kappa shape index (κ2) is 5.96. The second-order valence-electron chi connectivity index (χ2n) is 3.45. The van der Waals surface area contributed by atoms with E-state index in [1.807, 2.05) is 0 Å². The van der Waals surface area contributed by atoms with Crippen LogP contribution in [0.15, 0.2) is 0 Å². The lowest BCUT2D eigenvalue weighted by Gasteiger charge is -2.35. The number of hydrogen-bond acceptors (Lipinski definition) is 3. The third-order valence-electron chi connectivity index (χ3n) is 2.37. The topological polar surface area (TPSA) is 21.7 Å². The van der Waals surface area contributed by atoms with Crippen LogP contribution in [0.25, 0.3) is 0 Å². The fraction of sp³-hybridized carbons (Fsp3) is 1.00. The van der Waals surface area contributed by atoms with Crippen molar-refractivity contribution in [2.75, 3.05) is 38.7 Å². The van der Waals surface area contributed by atoms with Crippen molar-refractivity contribution < 1.29 is 9.47 Å². The predicted molar refractivity (Wildman–Crippen MR) is 56.4 cm³/mol. The SMILES string of the molecule is COCC(C)N1CCOC(CBr)C1. The Morgan fingerprint density at radius 2 is 2.46 bits per heavy atom. The molecule has 0 aromatic heterocycles. The largest absolute Gasteiger partial charge is 0.383 e. The third kappa shape index (κ3) is 3.54. The molecule has 1 rings (SSSR count). The highest BCUT2D eigenvalue weighted by molar-refractivity contribution is 9.09. The first-order chi connectivity index (χ1) is 6.27. The molecule has 13 heavy (non-hydrogen) atoms. The Kier molecular flexibility index (Phi) is 5.24. The first-order valence-corrected chi connectivity index (χ1v) is 5.80. The summed E-state index contributed by atoms with van der Waals surface area (Å²) in [7, 11) is 1.75. The van der Waals surface area contributed by atoms with Crippen molar-refractivity contribution in [3.63, 3.8) is 0 Å². The minimum atomic E-state index is 0.341. The van der Waals surface area contributed by atoms with Crippen LogP contribution < -0.4 is 0 Å². The molecule has 0 saturated carbocycles. The van der Waals surface area contributed by atoms with E-state index in [0.717, 1.165) is 31.6 Å². The van der Waals surface area contributed by atoms with Gasteiger partial charge in [-0.1, -0.05) is 15.9 Å². The quantitative estimate of drug-likeness (QED) is 0.700. The van der Waals surface area contributed by atoms with E-state index in [9.17, 15) is 0 Å². The number of hydrogen-bond donors (Lipinski definition) is 0. The summed E-state index contributed by atoms with van der Waals surface area (Å²) in [6.45, 7) is 5.86. The molecule has 1 saturated heterocycles. The Balaban J connectivity index is 2.32. The molecule has 0 aliphatic carbocycles. The lowest BCUT2D eigenvalue weighted by atomic mass is 10.2. The van der Waals surface area contributed by atoms with Crippen LogP contribution in [0.3, 0.4) is 0 Å². The van der Waals surface area contributed by atoms with Gasteiger partial charge >= 0.3 is 0 Å². The maximum Gasteiger partial charge on any atom is 0.0799 e. The summed E-state index contributed by atoms with van der Waals surface area (Å²) in [4.78, 5) is 2.42. The molecule has 0 bridgehead atoms. The maximum atomic E-state index is 5.56. The van der Waals surface area contributed by atoms with Crippen LogP contribution in [-0.4, -0.2) is 55.8 Å². The Labute approximate surface area is 88.5 Å². The number of rotatable bonds is 4. The van der Waals surface area contributed by atoms with Crippen molar-refractivity contribution in [1.29, 1.82) is 0 Å². The third-order valence-corrected chi connectivity index (χ3v) is 3.10. The van der Waals surface area contributed by atoms with Crippen LogP contribution in [0, 0.1) is 0 Å². The number of ether oxygens (including phenoxy) is 2. The number of nitrogens with zero attached hydrogens (tertiary/aromatic N) is 1. The summed E-state index contributed by atoms with van der Waals surface area (Å²) >= 11 is 3.44. The zero-order valence-corrected chi connectivity index (χ0v) is 9.92. The molecule has 0 aromatic carbocycles. The van der Waals surface area contributed by atoms with E-state index in [-0.39, 0.29) is 0 Å². The molecule has 1 heterocycles. The van der Waals surface area contributed by atoms with Crippen LogP contribution in [0.2, 0.25) is 0 Å². The fourth-order valence-electron chi connectivity index (χ4n) is 1.58. The van der Waals surface area contributed by atoms with Gasteiger partial charge in [0.25, 0.3) is 0 Å². The number of morpholine rings is 1. The zero-order valence-electron chi connectivity index (χ0n) is 8.33. The van der Waals surface area contributed by atoms with Crippen molar-refractivity contribution in [2.24, 2.45) is 0 Å². The van der Waals surface area contributed by atoms with E-state index < -0.39 is 0 Å². The Morgan fingerprint density at radius 1 is 1.69 bits per heavy atom. The van der Waals surface area contributed by atoms with Gasteiger partial charge in [-0.15, -0.1) is 0 Å². The van der Waals surface area contributed by atoms with Gasteiger partial charge < -0.3 is 9.47 Å². The fourth-order valence-corrected chi connectivity index (χ4v) is 1.97. The van der Waals surface area contributed by atoms with Gasteiger partial charge in [0, 0.05) is 31.6 Å². The molecule has 1 fully saturated rings. The first-order valence-electron chi connectivity index (χ1n) is 4.68. The zero-order chi connectivity index (χ0) is 9.68. The molecular weight excluding hydrogens is 234 g/mol. The molecule has 0 amide bonds. The van der Waals surface area contributed by atoms with Gasteiger partial charge in [0.15, 0.2) is 0 Å². The van der Waals surface area contributed by atoms with Crippen molar-refractivity contribution in [3.8, 4) is 0 Å². The molecule has 1 aliphatic heterocycles. The lowest BCUT2D eigenvalue weighted by Crippen LogP contribution is -2.48. The molecule has 0 N–H and O–H groups in total. The summed E-state index contributed by atoms with van der Waals surface area (Å²) in [5.74, 6) is 0. The van der Waals surface area contributed by atoms with Gasteiger partial charge in [0.2, 0.25) is 0 Å². The highest BCUT2D eigenvalue weighted by Gasteiger charge is 2.22. The van der Waals surface area contributed by atoms with E-state index in [1.54, 1.807) is 7.11 Å². The molecular formula is C9H18BrNO2. The van der Waals surface area contributed by atoms with Crippen molar-refractivity contribution >= 4 is 15.9 Å². The van der Waals surface area contributed by atoms with Gasteiger partial charge in [-0.25, -0.2) is 0 Å². The molecule has 1 aliphatic rings. The Bertz CT molecular complexity index is 146. The highest BCUT2D eigenvalue weighted by atomic mass is 79.9. The number of alkyl halides is 1. The highest BCUT2D eigenvalue weighted by Crippen LogP contribution is 2.10. The lowest BCUT2D eigenvalue weighted by molar-refractivity contribution is -0.0394. The van der Waals surface area contributed by atoms with Crippen LogP contribution in [0.1, 0.15) is 6.92 Å². The molecule has 3 nitrogen and oxygen atoms in total. The monoisotopic (exact) mass is 251 g/mol. The summed E-state index contributed by atoms with van der Waals surface area (Å²) in [5, 5.41) is 0.920. The maximum absolute atomic E-state index is 5.56. The van der Waals surface area contributed by atoms with Gasteiger partial charge in [0.1, 0.15) is 0 Å². The van der Waals surface area contributed by atoms with Gasteiger partial charge in [-0.2, -0.15) is 0 Å². The van der Waals surface area contributed by atoms with Gasteiger partial charge in [-0.05, 0) is 6.92 Å². The number of methoxy groups -OCH3 is 1. The van der Waals surface area contributed by atoms with Crippen molar-refractivity contribution in [1.82, 2.24) is 4.90 Å². The van der Waals surface area contributed by atoms with Crippen LogP contribution in [0.4, 0.5) is 0 Å². The number of halogens is 1. The normalized spacial score (nSPS) is 27.5. The summed E-state index contributed by atoms with van der Waals surface area (Å²) in [6, 6.07) is 0.496. The molecule has 78 valence electrons. The van der Waals surface area contributed by atoms with Crippen LogP contribution in [-0.2, 0) is 9.47 Å². The van der Waals surface area contributed by atoms with Crippen molar-refractivity contribution in [2.45, 2.75) is 19.1 Å². The minimum absolute atomic E-state index is 0.341. The Morgan fingerprint density at radius 3 is 3.08 bits per heavy atom. The van der Waals surface area contributed by atoms with Crippen molar-refractivity contribution in [3.05, 3.63) is 0 Å². The Hall–Kier alpha value is 0.360. The van der Waals surface area contributed by atoms with Gasteiger partial charge in [0.05, 0.1) is 19.3 Å². The van der Waals surface area contributed by atoms with E-state index in [2.05, 4.69) is 27.8 Å². The molecule has 0 aromatic rings. The molecule has 0 radical (unpaired) electrons. The van der Waals surface area contributed by atoms with E-state index in [4.69, 9.17) is 9.47 Å². The molecule has 2 unspecified atom stereocenters. The minimum Gasteiger partial charge on any atom is -0.383 e. The molecule has 0 spiro atoms. The van der Waals surface area contributed by atoms with Gasteiger partial charge in [-0.3, -0.25) is 4.90 Å². The van der Waals surface area contributed by atoms with Crippen LogP contribution in [0.5, 0.6) is 0 Å². The van der Waals surface area contributed by atoms with E-state index in [0.29, 0.717) is 12.1 Å². The summed E-state index contributed by atoms with van der Waals surface area (Å²) < 4.78 is 10.7.